The lowest BCUT2D eigenvalue weighted by molar-refractivity contribution is 0.348. The first-order valence-corrected chi connectivity index (χ1v) is 10.9. The normalized spacial score (nSPS) is 12.3. The van der Waals surface area contributed by atoms with E-state index in [0.717, 1.165) is 17.7 Å². The average molecular weight is 532 g/mol. The largest absolute Gasteiger partial charge is 0.497 e. The number of ether oxygens (including phenoxy) is 1. The van der Waals surface area contributed by atoms with Crippen LogP contribution in [-0.2, 0) is 16.3 Å². The van der Waals surface area contributed by atoms with E-state index in [1.165, 1.54) is 6.26 Å². The Kier molecular flexibility index (Phi) is 11.6. The molecular weight excluding hydrogens is 501 g/mol. The van der Waals surface area contributed by atoms with Gasteiger partial charge in [0.1, 0.15) is 15.6 Å². The maximum atomic E-state index is 11.3. The predicted octanol–water partition coefficient (Wildman–Crippen LogP) is 3.14. The van der Waals surface area contributed by atoms with Crippen molar-refractivity contribution in [3.63, 3.8) is 0 Å². The van der Waals surface area contributed by atoms with Crippen LogP contribution in [0.15, 0.2) is 23.2 Å². The van der Waals surface area contributed by atoms with E-state index in [1.807, 2.05) is 26.0 Å². The fourth-order valence-corrected chi connectivity index (χ4v) is 3.46. The molecule has 27 heavy (non-hydrogen) atoms. The fraction of sp³-hybridized carbons (Fsp3) is 0.611. The van der Waals surface area contributed by atoms with E-state index in [4.69, 9.17) is 16.3 Å². The quantitative estimate of drug-likeness (QED) is 0.291. The first kappa shape index (κ1) is 26.3. The van der Waals surface area contributed by atoms with Gasteiger partial charge in [-0.1, -0.05) is 31.5 Å². The third kappa shape index (κ3) is 11.0. The molecule has 0 aliphatic heterocycles. The van der Waals surface area contributed by atoms with Gasteiger partial charge in [0.2, 0.25) is 0 Å². The van der Waals surface area contributed by atoms with E-state index in [1.54, 1.807) is 20.2 Å². The van der Waals surface area contributed by atoms with Crippen LogP contribution in [-0.4, -0.2) is 53.6 Å². The first-order valence-electron chi connectivity index (χ1n) is 8.51. The highest BCUT2D eigenvalue weighted by Gasteiger charge is 2.20. The summed E-state index contributed by atoms with van der Waals surface area (Å²) in [6, 6.07) is 5.64. The van der Waals surface area contributed by atoms with Gasteiger partial charge in [0.25, 0.3) is 0 Å². The van der Waals surface area contributed by atoms with Crippen LogP contribution in [0, 0.1) is 5.41 Å². The van der Waals surface area contributed by atoms with E-state index in [9.17, 15) is 8.42 Å². The summed E-state index contributed by atoms with van der Waals surface area (Å²) in [5, 5.41) is 7.18. The van der Waals surface area contributed by atoms with Gasteiger partial charge >= 0.3 is 0 Å². The molecule has 0 aliphatic rings. The Hall–Kier alpha value is -0.740. The zero-order valence-electron chi connectivity index (χ0n) is 16.6. The first-order chi connectivity index (χ1) is 12.1. The third-order valence-corrected chi connectivity index (χ3v) is 5.35. The zero-order valence-corrected chi connectivity index (χ0v) is 20.5. The Balaban J connectivity index is 0.00000676. The molecule has 9 heteroatoms. The topological polar surface area (TPSA) is 79.8 Å². The lowest BCUT2D eigenvalue weighted by Crippen LogP contribution is -2.43. The van der Waals surface area contributed by atoms with Gasteiger partial charge in [0, 0.05) is 31.4 Å². The Bertz CT molecular complexity index is 725. The lowest BCUT2D eigenvalue weighted by atomic mass is 9.90. The molecule has 0 unspecified atom stereocenters. The highest BCUT2D eigenvalue weighted by Crippen LogP contribution is 2.22. The van der Waals surface area contributed by atoms with Gasteiger partial charge < -0.3 is 15.4 Å². The number of hydrogen-bond donors (Lipinski definition) is 2. The SMILES string of the molecule is CN=C(NCCc1ccc(OC)cc1Cl)NCC(C)(C)CCS(C)(=O)=O.I. The van der Waals surface area contributed by atoms with Gasteiger partial charge in [0.15, 0.2) is 5.96 Å². The highest BCUT2D eigenvalue weighted by molar-refractivity contribution is 14.0. The van der Waals surface area contributed by atoms with Crippen LogP contribution in [0.25, 0.3) is 0 Å². The van der Waals surface area contributed by atoms with E-state index in [0.29, 0.717) is 30.5 Å². The van der Waals surface area contributed by atoms with Crippen LogP contribution in [0.1, 0.15) is 25.8 Å². The molecular formula is C18H31ClIN3O3S. The van der Waals surface area contributed by atoms with Crippen LogP contribution in [0.4, 0.5) is 0 Å². The predicted molar refractivity (Wildman–Crippen MR) is 125 cm³/mol. The van der Waals surface area contributed by atoms with Crippen molar-refractivity contribution in [3.8, 4) is 5.75 Å². The van der Waals surface area contributed by atoms with Gasteiger partial charge in [-0.15, -0.1) is 24.0 Å². The Morgan fingerprint density at radius 2 is 1.96 bits per heavy atom. The van der Waals surface area contributed by atoms with Crippen LogP contribution in [0.2, 0.25) is 5.02 Å². The van der Waals surface area contributed by atoms with Crippen molar-refractivity contribution in [1.29, 1.82) is 0 Å². The third-order valence-electron chi connectivity index (χ3n) is 4.05. The number of methoxy groups -OCH3 is 1. The van der Waals surface area contributed by atoms with Crippen molar-refractivity contribution >= 4 is 51.4 Å². The summed E-state index contributed by atoms with van der Waals surface area (Å²) in [5.41, 5.74) is 0.879. The van der Waals surface area contributed by atoms with Crippen molar-refractivity contribution in [2.45, 2.75) is 26.7 Å². The van der Waals surface area contributed by atoms with Crippen molar-refractivity contribution in [2.75, 3.05) is 39.3 Å². The molecule has 0 radical (unpaired) electrons. The number of nitrogens with one attached hydrogen (secondary N) is 2. The van der Waals surface area contributed by atoms with Gasteiger partial charge in [-0.3, -0.25) is 4.99 Å². The molecule has 0 atom stereocenters. The maximum Gasteiger partial charge on any atom is 0.191 e. The summed E-state index contributed by atoms with van der Waals surface area (Å²) >= 11 is 6.25. The van der Waals surface area contributed by atoms with Crippen LogP contribution >= 0.6 is 35.6 Å². The minimum Gasteiger partial charge on any atom is -0.497 e. The minimum absolute atomic E-state index is 0. The van der Waals surface area contributed by atoms with Gasteiger partial charge in [-0.25, -0.2) is 8.42 Å². The molecule has 0 saturated carbocycles. The number of benzene rings is 1. The zero-order chi connectivity index (χ0) is 19.8. The van der Waals surface area contributed by atoms with Crippen molar-refractivity contribution in [1.82, 2.24) is 10.6 Å². The summed E-state index contributed by atoms with van der Waals surface area (Å²) in [6.45, 7) is 5.38. The summed E-state index contributed by atoms with van der Waals surface area (Å²) in [7, 11) is 0.368. The molecule has 0 saturated heterocycles. The summed E-state index contributed by atoms with van der Waals surface area (Å²) < 4.78 is 27.8. The lowest BCUT2D eigenvalue weighted by Gasteiger charge is -2.25. The fourth-order valence-electron chi connectivity index (χ4n) is 2.27. The Morgan fingerprint density at radius 1 is 1.30 bits per heavy atom. The molecule has 0 aromatic heterocycles. The molecule has 0 bridgehead atoms. The monoisotopic (exact) mass is 531 g/mol. The summed E-state index contributed by atoms with van der Waals surface area (Å²) in [6.07, 6.45) is 2.61. The molecule has 6 nitrogen and oxygen atoms in total. The number of hydrogen-bond acceptors (Lipinski definition) is 4. The number of aliphatic imine (C=N–C) groups is 1. The standard InChI is InChI=1S/C18H30ClN3O3S.HI/c1-18(2,9-11-26(5,23)24)13-22-17(20-3)21-10-8-14-6-7-15(25-4)12-16(14)19;/h6-7,12H,8-11,13H2,1-5H3,(H2,20,21,22);1H. The minimum atomic E-state index is -2.95. The molecule has 0 fully saturated rings. The maximum absolute atomic E-state index is 11.3. The van der Waals surface area contributed by atoms with E-state index in [-0.39, 0.29) is 35.1 Å². The van der Waals surface area contributed by atoms with E-state index in [2.05, 4.69) is 15.6 Å². The molecule has 2 N–H and O–H groups in total. The number of rotatable bonds is 9. The molecule has 0 heterocycles. The second kappa shape index (κ2) is 12.0. The molecule has 0 spiro atoms. The second-order valence-corrected chi connectivity index (χ2v) is 9.77. The van der Waals surface area contributed by atoms with E-state index < -0.39 is 9.84 Å². The number of halogens is 2. The van der Waals surface area contributed by atoms with Crippen molar-refractivity contribution in [3.05, 3.63) is 28.8 Å². The second-order valence-electron chi connectivity index (χ2n) is 7.10. The average Bonchev–Trinajstić information content (AvgIpc) is 2.57. The molecule has 0 amide bonds. The van der Waals surface area contributed by atoms with Crippen LogP contribution in [0.3, 0.4) is 0 Å². The number of guanidine groups is 1. The summed E-state index contributed by atoms with van der Waals surface area (Å²) in [5.74, 6) is 1.60. The molecule has 156 valence electrons. The van der Waals surface area contributed by atoms with Gasteiger partial charge in [-0.2, -0.15) is 0 Å². The van der Waals surface area contributed by atoms with Gasteiger partial charge in [0.05, 0.1) is 12.9 Å². The van der Waals surface area contributed by atoms with Crippen LogP contribution in [0.5, 0.6) is 5.75 Å². The molecule has 1 aromatic carbocycles. The van der Waals surface area contributed by atoms with Gasteiger partial charge in [-0.05, 0) is 36.0 Å². The van der Waals surface area contributed by atoms with E-state index >= 15 is 0 Å². The number of sulfone groups is 1. The van der Waals surface area contributed by atoms with Crippen molar-refractivity contribution < 1.29 is 13.2 Å². The smallest absolute Gasteiger partial charge is 0.191 e. The molecule has 1 aromatic rings. The Labute approximate surface area is 185 Å². The summed E-state index contributed by atoms with van der Waals surface area (Å²) in [4.78, 5) is 4.20. The van der Waals surface area contributed by atoms with Crippen molar-refractivity contribution in [2.24, 2.45) is 10.4 Å². The van der Waals surface area contributed by atoms with Crippen LogP contribution < -0.4 is 15.4 Å². The highest BCUT2D eigenvalue weighted by atomic mass is 127. The molecule has 1 rings (SSSR count). The number of nitrogens with zero attached hydrogens (tertiary/aromatic N) is 1. The Morgan fingerprint density at radius 3 is 2.48 bits per heavy atom. The molecule has 0 aliphatic carbocycles.